The Labute approximate surface area is 186 Å². The summed E-state index contributed by atoms with van der Waals surface area (Å²) in [6.07, 6.45) is 1.56. The van der Waals surface area contributed by atoms with Gasteiger partial charge in [-0.1, -0.05) is 48.0 Å². The van der Waals surface area contributed by atoms with Crippen LogP contribution in [0.1, 0.15) is 27.0 Å². The van der Waals surface area contributed by atoms with Gasteiger partial charge in [-0.3, -0.25) is 14.9 Å². The van der Waals surface area contributed by atoms with Crippen molar-refractivity contribution < 1.29 is 18.0 Å². The Bertz CT molecular complexity index is 1340. The van der Waals surface area contributed by atoms with E-state index in [2.05, 4.69) is 10.6 Å². The van der Waals surface area contributed by atoms with Gasteiger partial charge >= 0.3 is 0 Å². The number of nitrogens with two attached hydrogens (primary N) is 1. The van der Waals surface area contributed by atoms with Crippen LogP contribution in [0.3, 0.4) is 0 Å². The molecule has 1 aliphatic rings. The predicted molar refractivity (Wildman–Crippen MR) is 122 cm³/mol. The molecule has 4 N–H and O–H groups in total. The van der Waals surface area contributed by atoms with Gasteiger partial charge in [0.2, 0.25) is 10.0 Å². The second kappa shape index (κ2) is 8.41. The lowest BCUT2D eigenvalue weighted by molar-refractivity contribution is -0.114. The number of fused-ring (bicyclic) bond motifs is 1. The Morgan fingerprint density at radius 2 is 1.53 bits per heavy atom. The monoisotopic (exact) mass is 447 g/mol. The van der Waals surface area contributed by atoms with Gasteiger partial charge in [0, 0.05) is 23.9 Å². The summed E-state index contributed by atoms with van der Waals surface area (Å²) in [5, 5.41) is 10.5. The Morgan fingerprint density at radius 1 is 0.875 bits per heavy atom. The lowest BCUT2D eigenvalue weighted by Crippen LogP contribution is -2.37. The van der Waals surface area contributed by atoms with Crippen molar-refractivity contribution in [2.24, 2.45) is 5.14 Å². The number of imide groups is 1. The van der Waals surface area contributed by atoms with Crippen LogP contribution in [0.15, 0.2) is 77.8 Å². The molecule has 32 heavy (non-hydrogen) atoms. The van der Waals surface area contributed by atoms with Crippen molar-refractivity contribution in [3.8, 4) is 11.1 Å². The maximum atomic E-state index is 12.5. The van der Waals surface area contributed by atoms with Gasteiger partial charge < -0.3 is 5.32 Å². The highest BCUT2D eigenvalue weighted by Crippen LogP contribution is 2.29. The molecule has 0 saturated heterocycles. The summed E-state index contributed by atoms with van der Waals surface area (Å²) >= 11 is 0. The van der Waals surface area contributed by atoms with Crippen LogP contribution in [-0.2, 0) is 21.4 Å². The molecule has 7 nitrogen and oxygen atoms in total. The highest BCUT2D eigenvalue weighted by Gasteiger charge is 2.27. The first-order valence-electron chi connectivity index (χ1n) is 9.85. The van der Waals surface area contributed by atoms with Crippen LogP contribution < -0.4 is 15.8 Å². The van der Waals surface area contributed by atoms with E-state index in [1.165, 1.54) is 12.1 Å². The zero-order valence-electron chi connectivity index (χ0n) is 17.3. The topological polar surface area (TPSA) is 118 Å². The number of amides is 2. The highest BCUT2D eigenvalue weighted by molar-refractivity contribution is 7.89. The van der Waals surface area contributed by atoms with E-state index >= 15 is 0 Å². The molecule has 0 aliphatic carbocycles. The Morgan fingerprint density at radius 3 is 2.19 bits per heavy atom. The molecule has 0 saturated carbocycles. The van der Waals surface area contributed by atoms with Crippen LogP contribution in [0.5, 0.6) is 0 Å². The zero-order chi connectivity index (χ0) is 22.9. The minimum atomic E-state index is -3.75. The molecule has 0 spiro atoms. The molecule has 0 fully saturated rings. The molecule has 0 radical (unpaired) electrons. The van der Waals surface area contributed by atoms with E-state index in [9.17, 15) is 18.0 Å². The summed E-state index contributed by atoms with van der Waals surface area (Å²) in [6, 6.07) is 19.5. The number of rotatable bonds is 5. The van der Waals surface area contributed by atoms with E-state index in [4.69, 9.17) is 5.14 Å². The molecule has 4 rings (SSSR count). The molecule has 0 aromatic heterocycles. The van der Waals surface area contributed by atoms with Crippen molar-refractivity contribution in [1.29, 1.82) is 0 Å². The molecule has 0 unspecified atom stereocenters. The zero-order valence-corrected chi connectivity index (χ0v) is 18.1. The standard InChI is InChI=1S/C24H21N3O4S/c1-15-2-6-17(7-3-15)18-8-11-20-21(12-18)22(24(29)27-23(20)28)14-26-13-16-4-9-19(10-5-16)32(25,30)31/h2-12,14,26H,13H2,1H3,(H2,25,30,31)(H,27,28,29). The molecular weight excluding hydrogens is 426 g/mol. The molecule has 3 aromatic carbocycles. The Balaban J connectivity index is 1.61. The lowest BCUT2D eigenvalue weighted by atomic mass is 9.91. The number of primary sulfonamides is 1. The largest absolute Gasteiger partial charge is 0.386 e. The van der Waals surface area contributed by atoms with Gasteiger partial charge in [0.25, 0.3) is 11.8 Å². The first-order chi connectivity index (χ1) is 15.2. The Hall–Kier alpha value is -3.75. The molecule has 0 bridgehead atoms. The molecular formula is C24H21N3O4S. The number of hydrogen-bond donors (Lipinski definition) is 3. The smallest absolute Gasteiger partial charge is 0.260 e. The van der Waals surface area contributed by atoms with Crippen molar-refractivity contribution in [2.75, 3.05) is 0 Å². The van der Waals surface area contributed by atoms with Gasteiger partial charge in [0.15, 0.2) is 0 Å². The fourth-order valence-electron chi connectivity index (χ4n) is 3.46. The van der Waals surface area contributed by atoms with Crippen LogP contribution in [0.25, 0.3) is 16.7 Å². The van der Waals surface area contributed by atoms with E-state index in [1.54, 1.807) is 24.4 Å². The summed E-state index contributed by atoms with van der Waals surface area (Å²) in [5.41, 5.74) is 5.14. The van der Waals surface area contributed by atoms with Crippen molar-refractivity contribution in [2.45, 2.75) is 18.4 Å². The molecule has 8 heteroatoms. The first-order valence-corrected chi connectivity index (χ1v) is 11.4. The van der Waals surface area contributed by atoms with Crippen molar-refractivity contribution >= 4 is 27.4 Å². The molecule has 3 aromatic rings. The Kier molecular flexibility index (Phi) is 5.65. The van der Waals surface area contributed by atoms with Gasteiger partial charge in [0.05, 0.1) is 10.5 Å². The quantitative estimate of drug-likeness (QED) is 0.411. The number of carbonyl (C=O) groups excluding carboxylic acids is 2. The maximum absolute atomic E-state index is 12.5. The highest BCUT2D eigenvalue weighted by atomic mass is 32.2. The summed E-state index contributed by atoms with van der Waals surface area (Å²) < 4.78 is 22.7. The number of carbonyl (C=O) groups is 2. The third kappa shape index (κ3) is 4.46. The molecule has 2 amide bonds. The number of sulfonamides is 1. The minimum Gasteiger partial charge on any atom is -0.386 e. The molecule has 162 valence electrons. The van der Waals surface area contributed by atoms with Gasteiger partial charge in [-0.15, -0.1) is 0 Å². The van der Waals surface area contributed by atoms with E-state index in [0.717, 1.165) is 22.3 Å². The number of nitrogens with one attached hydrogen (secondary N) is 2. The second-order valence-corrected chi connectivity index (χ2v) is 9.10. The van der Waals surface area contributed by atoms with Gasteiger partial charge in [-0.2, -0.15) is 0 Å². The van der Waals surface area contributed by atoms with Crippen molar-refractivity contribution in [3.63, 3.8) is 0 Å². The van der Waals surface area contributed by atoms with Gasteiger partial charge in [-0.05, 0) is 47.9 Å². The number of aryl methyl sites for hydroxylation is 1. The fraction of sp³-hybridized carbons (Fsp3) is 0.0833. The molecule has 0 atom stereocenters. The summed E-state index contributed by atoms with van der Waals surface area (Å²) in [6.45, 7) is 2.36. The fourth-order valence-corrected chi connectivity index (χ4v) is 3.98. The second-order valence-electron chi connectivity index (χ2n) is 7.54. The SMILES string of the molecule is Cc1ccc(-c2ccc3c(c2)C(=CNCc2ccc(S(N)(=O)=O)cc2)C(=O)NC3=O)cc1. The predicted octanol–water partition coefficient (Wildman–Crippen LogP) is 2.71. The van der Waals surface area contributed by atoms with Crippen molar-refractivity contribution in [3.05, 3.63) is 95.2 Å². The summed E-state index contributed by atoms with van der Waals surface area (Å²) in [4.78, 5) is 24.9. The molecule has 1 heterocycles. The minimum absolute atomic E-state index is 0.0299. The maximum Gasteiger partial charge on any atom is 0.260 e. The van der Waals surface area contributed by atoms with Crippen LogP contribution in [0, 0.1) is 6.92 Å². The third-order valence-electron chi connectivity index (χ3n) is 5.22. The van der Waals surface area contributed by atoms with Gasteiger partial charge in [0.1, 0.15) is 0 Å². The number of hydrogen-bond acceptors (Lipinski definition) is 5. The van der Waals surface area contributed by atoms with Crippen LogP contribution in [0.4, 0.5) is 0 Å². The van der Waals surface area contributed by atoms with E-state index in [0.29, 0.717) is 23.2 Å². The lowest BCUT2D eigenvalue weighted by Gasteiger charge is -2.19. The summed E-state index contributed by atoms with van der Waals surface area (Å²) in [7, 11) is -3.75. The normalized spacial score (nSPS) is 14.8. The third-order valence-corrected chi connectivity index (χ3v) is 6.14. The van der Waals surface area contributed by atoms with Crippen molar-refractivity contribution in [1.82, 2.24) is 10.6 Å². The van der Waals surface area contributed by atoms with Gasteiger partial charge in [-0.25, -0.2) is 13.6 Å². The number of benzene rings is 3. The average molecular weight is 448 g/mol. The first kappa shape index (κ1) is 21.5. The molecule has 1 aliphatic heterocycles. The van der Waals surface area contributed by atoms with Crippen LogP contribution in [0.2, 0.25) is 0 Å². The summed E-state index contributed by atoms with van der Waals surface area (Å²) in [5.74, 6) is -0.920. The van der Waals surface area contributed by atoms with E-state index < -0.39 is 21.8 Å². The van der Waals surface area contributed by atoms with E-state index in [1.807, 2.05) is 43.3 Å². The average Bonchev–Trinajstić information content (AvgIpc) is 2.76. The van der Waals surface area contributed by atoms with Crippen LogP contribution >= 0.6 is 0 Å². The van der Waals surface area contributed by atoms with Crippen LogP contribution in [-0.4, -0.2) is 20.2 Å². The van der Waals surface area contributed by atoms with E-state index in [-0.39, 0.29) is 4.90 Å².